The van der Waals surface area contributed by atoms with Crippen LogP contribution < -0.4 is 15.5 Å². The Kier molecular flexibility index (Phi) is 5.85. The number of ether oxygens (including phenoxy) is 1. The van der Waals surface area contributed by atoms with Gasteiger partial charge in [0.2, 0.25) is 5.91 Å². The van der Waals surface area contributed by atoms with Crippen LogP contribution in [0.1, 0.15) is 6.92 Å². The van der Waals surface area contributed by atoms with Crippen molar-refractivity contribution in [3.8, 4) is 0 Å². The molecule has 0 saturated carbocycles. The van der Waals surface area contributed by atoms with Crippen LogP contribution in [0.3, 0.4) is 0 Å². The van der Waals surface area contributed by atoms with Crippen LogP contribution in [0, 0.1) is 17.5 Å². The Bertz CT molecular complexity index is 809. The van der Waals surface area contributed by atoms with Gasteiger partial charge in [0.25, 0.3) is 0 Å². The highest BCUT2D eigenvalue weighted by Gasteiger charge is 2.19. The summed E-state index contributed by atoms with van der Waals surface area (Å²) in [5, 5.41) is 5.25. The zero-order chi connectivity index (χ0) is 19.4. The number of nitrogens with one attached hydrogen (secondary N) is 2. The zero-order valence-electron chi connectivity index (χ0n) is 14.8. The second kappa shape index (κ2) is 8.30. The molecule has 144 valence electrons. The summed E-state index contributed by atoms with van der Waals surface area (Å²) in [6, 6.07) is 8.58. The van der Waals surface area contributed by atoms with E-state index in [0.717, 1.165) is 30.9 Å². The van der Waals surface area contributed by atoms with Crippen LogP contribution >= 0.6 is 0 Å². The summed E-state index contributed by atoms with van der Waals surface area (Å²) in [4.78, 5) is 14.4. The quantitative estimate of drug-likeness (QED) is 0.782. The first-order chi connectivity index (χ1) is 13.0. The van der Waals surface area contributed by atoms with E-state index in [1.165, 1.54) is 0 Å². The van der Waals surface area contributed by atoms with Gasteiger partial charge in [-0.2, -0.15) is 0 Å². The van der Waals surface area contributed by atoms with Gasteiger partial charge >= 0.3 is 0 Å². The number of anilines is 3. The maximum Gasteiger partial charge on any atom is 0.246 e. The molecule has 0 radical (unpaired) electrons. The van der Waals surface area contributed by atoms with Crippen molar-refractivity contribution in [1.29, 1.82) is 0 Å². The fourth-order valence-electron chi connectivity index (χ4n) is 2.77. The van der Waals surface area contributed by atoms with Gasteiger partial charge in [-0.05, 0) is 43.3 Å². The van der Waals surface area contributed by atoms with E-state index < -0.39 is 35.1 Å². The van der Waals surface area contributed by atoms with Crippen molar-refractivity contribution in [3.63, 3.8) is 0 Å². The van der Waals surface area contributed by atoms with Crippen LogP contribution in [0.5, 0.6) is 0 Å². The number of carbonyl (C=O) groups excluding carboxylic acids is 1. The minimum absolute atomic E-state index is 0.407. The molecule has 1 aliphatic heterocycles. The molecule has 2 aromatic rings. The van der Waals surface area contributed by atoms with Crippen LogP contribution in [0.4, 0.5) is 30.2 Å². The number of amides is 1. The molecule has 3 rings (SSSR count). The van der Waals surface area contributed by atoms with Gasteiger partial charge in [-0.15, -0.1) is 0 Å². The van der Waals surface area contributed by atoms with E-state index in [0.29, 0.717) is 18.9 Å². The maximum atomic E-state index is 13.7. The number of rotatable bonds is 5. The van der Waals surface area contributed by atoms with Crippen molar-refractivity contribution in [2.75, 3.05) is 41.8 Å². The molecular formula is C19H20F3N3O2. The molecule has 0 bridgehead atoms. The van der Waals surface area contributed by atoms with Gasteiger partial charge in [-0.1, -0.05) is 0 Å². The summed E-state index contributed by atoms with van der Waals surface area (Å²) >= 11 is 0. The topological polar surface area (TPSA) is 53.6 Å². The van der Waals surface area contributed by atoms with Gasteiger partial charge in [0.15, 0.2) is 17.5 Å². The lowest BCUT2D eigenvalue weighted by Crippen LogP contribution is -2.36. The normalized spacial score (nSPS) is 15.3. The number of benzene rings is 2. The monoisotopic (exact) mass is 379 g/mol. The van der Waals surface area contributed by atoms with Gasteiger partial charge < -0.3 is 20.3 Å². The molecule has 5 nitrogen and oxygen atoms in total. The van der Waals surface area contributed by atoms with Crippen molar-refractivity contribution >= 4 is 23.0 Å². The summed E-state index contributed by atoms with van der Waals surface area (Å²) < 4.78 is 45.2. The molecular weight excluding hydrogens is 359 g/mol. The number of halogens is 3. The number of carbonyl (C=O) groups is 1. The number of hydrogen-bond donors (Lipinski definition) is 2. The third-order valence-corrected chi connectivity index (χ3v) is 4.31. The predicted octanol–water partition coefficient (Wildman–Crippen LogP) is 3.38. The second-order valence-corrected chi connectivity index (χ2v) is 6.22. The molecule has 0 unspecified atom stereocenters. The Hall–Kier alpha value is -2.74. The third kappa shape index (κ3) is 4.51. The average Bonchev–Trinajstić information content (AvgIpc) is 2.69. The van der Waals surface area contributed by atoms with E-state index in [1.54, 1.807) is 6.92 Å². The molecule has 2 aromatic carbocycles. The van der Waals surface area contributed by atoms with Crippen LogP contribution in [-0.4, -0.2) is 38.3 Å². The molecule has 8 heteroatoms. The van der Waals surface area contributed by atoms with Crippen LogP contribution in [-0.2, 0) is 9.53 Å². The lowest BCUT2D eigenvalue weighted by atomic mass is 10.2. The van der Waals surface area contributed by atoms with Crippen LogP contribution in [0.15, 0.2) is 36.4 Å². The van der Waals surface area contributed by atoms with E-state index in [-0.39, 0.29) is 0 Å². The summed E-state index contributed by atoms with van der Waals surface area (Å²) in [5.41, 5.74) is 1.36. The number of morpholine rings is 1. The first-order valence-corrected chi connectivity index (χ1v) is 8.59. The van der Waals surface area contributed by atoms with Crippen molar-refractivity contribution in [1.82, 2.24) is 0 Å². The Balaban J connectivity index is 1.60. The zero-order valence-corrected chi connectivity index (χ0v) is 14.8. The molecule has 2 N–H and O–H groups in total. The molecule has 27 heavy (non-hydrogen) atoms. The van der Waals surface area contributed by atoms with Gasteiger partial charge in [0.05, 0.1) is 18.9 Å². The molecule has 1 amide bonds. The van der Waals surface area contributed by atoms with Gasteiger partial charge in [-0.25, -0.2) is 13.2 Å². The average molecular weight is 379 g/mol. The SMILES string of the molecule is C[C@H](Nc1ccc(N2CCOCC2)cc1)C(=O)Nc1ccc(F)c(F)c1F. The highest BCUT2D eigenvalue weighted by Crippen LogP contribution is 2.21. The van der Waals surface area contributed by atoms with Crippen molar-refractivity contribution in [2.24, 2.45) is 0 Å². The van der Waals surface area contributed by atoms with E-state index in [1.807, 2.05) is 24.3 Å². The van der Waals surface area contributed by atoms with Gasteiger partial charge in [0, 0.05) is 24.5 Å². The van der Waals surface area contributed by atoms with E-state index in [9.17, 15) is 18.0 Å². The van der Waals surface area contributed by atoms with Crippen molar-refractivity contribution in [2.45, 2.75) is 13.0 Å². The highest BCUT2D eigenvalue weighted by atomic mass is 19.2. The predicted molar refractivity (Wildman–Crippen MR) is 97.5 cm³/mol. The Morgan fingerprint density at radius 3 is 2.37 bits per heavy atom. The Labute approximate surface area is 155 Å². The smallest absolute Gasteiger partial charge is 0.246 e. The third-order valence-electron chi connectivity index (χ3n) is 4.31. The Morgan fingerprint density at radius 1 is 1.04 bits per heavy atom. The minimum atomic E-state index is -1.62. The Morgan fingerprint density at radius 2 is 1.70 bits per heavy atom. The lowest BCUT2D eigenvalue weighted by Gasteiger charge is -2.29. The van der Waals surface area contributed by atoms with Crippen LogP contribution in [0.25, 0.3) is 0 Å². The summed E-state index contributed by atoms with van der Waals surface area (Å²) in [6.45, 7) is 4.62. The first kappa shape index (κ1) is 19.0. The standard InChI is InChI=1S/C19H20F3N3O2/c1-12(19(26)24-16-7-6-15(20)17(21)18(16)22)23-13-2-4-14(5-3-13)25-8-10-27-11-9-25/h2-7,12,23H,8-11H2,1H3,(H,24,26)/t12-/m0/s1. The van der Waals surface area contributed by atoms with Crippen molar-refractivity contribution < 1.29 is 22.7 Å². The summed E-state index contributed by atoms with van der Waals surface area (Å²) in [6.07, 6.45) is 0. The van der Waals surface area contributed by atoms with Gasteiger partial charge in [-0.3, -0.25) is 4.79 Å². The fourth-order valence-corrected chi connectivity index (χ4v) is 2.77. The van der Waals surface area contributed by atoms with E-state index >= 15 is 0 Å². The van der Waals surface area contributed by atoms with Gasteiger partial charge in [0.1, 0.15) is 6.04 Å². The molecule has 1 atom stereocenters. The highest BCUT2D eigenvalue weighted by molar-refractivity contribution is 5.96. The fraction of sp³-hybridized carbons (Fsp3) is 0.316. The molecule has 1 heterocycles. The summed E-state index contributed by atoms with van der Waals surface area (Å²) in [5.74, 6) is -4.92. The van der Waals surface area contributed by atoms with E-state index in [2.05, 4.69) is 15.5 Å². The van der Waals surface area contributed by atoms with Crippen LogP contribution in [0.2, 0.25) is 0 Å². The largest absolute Gasteiger partial charge is 0.378 e. The molecule has 1 saturated heterocycles. The lowest BCUT2D eigenvalue weighted by molar-refractivity contribution is -0.116. The molecule has 0 spiro atoms. The van der Waals surface area contributed by atoms with E-state index in [4.69, 9.17) is 4.74 Å². The second-order valence-electron chi connectivity index (χ2n) is 6.22. The number of hydrogen-bond acceptors (Lipinski definition) is 4. The molecule has 1 fully saturated rings. The number of nitrogens with zero attached hydrogens (tertiary/aromatic N) is 1. The van der Waals surface area contributed by atoms with Crippen molar-refractivity contribution in [3.05, 3.63) is 53.8 Å². The molecule has 0 aliphatic carbocycles. The molecule has 0 aromatic heterocycles. The maximum absolute atomic E-state index is 13.7. The summed E-state index contributed by atoms with van der Waals surface area (Å²) in [7, 11) is 0. The molecule has 1 aliphatic rings. The minimum Gasteiger partial charge on any atom is -0.378 e. The first-order valence-electron chi connectivity index (χ1n) is 8.59.